The molecule has 20 heavy (non-hydrogen) atoms. The van der Waals surface area contributed by atoms with Gasteiger partial charge in [0.15, 0.2) is 16.6 Å². The summed E-state index contributed by atoms with van der Waals surface area (Å²) in [4.78, 5) is 26.9. The van der Waals surface area contributed by atoms with E-state index in [2.05, 4.69) is 4.98 Å². The number of benzene rings is 1. The number of halogens is 2. The maximum atomic E-state index is 12.8. The molecule has 2 aromatic rings. The Morgan fingerprint density at radius 1 is 1.45 bits per heavy atom. The van der Waals surface area contributed by atoms with E-state index >= 15 is 0 Å². The SMILES string of the molecule is O=Cc1sc(N(Cc2ccc(F)cc2)C(=O)O)nc1Cl. The van der Waals surface area contributed by atoms with Crippen LogP contribution < -0.4 is 4.90 Å². The summed E-state index contributed by atoms with van der Waals surface area (Å²) in [5.41, 5.74) is 0.591. The number of thiazole rings is 1. The monoisotopic (exact) mass is 314 g/mol. The first-order valence-electron chi connectivity index (χ1n) is 5.37. The molecular weight excluding hydrogens is 307 g/mol. The molecule has 1 heterocycles. The number of amides is 1. The molecule has 0 bridgehead atoms. The Labute approximate surface area is 122 Å². The first-order chi connectivity index (χ1) is 9.51. The van der Waals surface area contributed by atoms with E-state index in [1.807, 2.05) is 0 Å². The van der Waals surface area contributed by atoms with Gasteiger partial charge >= 0.3 is 6.09 Å². The van der Waals surface area contributed by atoms with Crippen LogP contribution in [0.2, 0.25) is 5.15 Å². The first-order valence-corrected chi connectivity index (χ1v) is 6.57. The van der Waals surface area contributed by atoms with Gasteiger partial charge in [0.05, 0.1) is 6.54 Å². The lowest BCUT2D eigenvalue weighted by molar-refractivity contribution is 0.112. The highest BCUT2D eigenvalue weighted by Crippen LogP contribution is 2.29. The minimum absolute atomic E-state index is 0.0161. The van der Waals surface area contributed by atoms with E-state index in [4.69, 9.17) is 11.6 Å². The van der Waals surface area contributed by atoms with Crippen LogP contribution in [0.4, 0.5) is 14.3 Å². The molecule has 0 aliphatic rings. The van der Waals surface area contributed by atoms with Crippen LogP contribution in [-0.4, -0.2) is 22.5 Å². The van der Waals surface area contributed by atoms with Crippen molar-refractivity contribution in [3.05, 3.63) is 45.7 Å². The highest BCUT2D eigenvalue weighted by atomic mass is 35.5. The fourth-order valence-corrected chi connectivity index (χ4v) is 2.53. The Hall–Kier alpha value is -1.99. The average Bonchev–Trinajstić information content (AvgIpc) is 2.78. The quantitative estimate of drug-likeness (QED) is 0.878. The molecule has 1 aromatic heterocycles. The predicted octanol–water partition coefficient (Wildman–Crippen LogP) is 3.43. The molecule has 0 unspecified atom stereocenters. The molecule has 0 saturated heterocycles. The molecule has 104 valence electrons. The van der Waals surface area contributed by atoms with Crippen LogP contribution in [0.15, 0.2) is 24.3 Å². The van der Waals surface area contributed by atoms with Crippen LogP contribution in [0.1, 0.15) is 15.2 Å². The van der Waals surface area contributed by atoms with Gasteiger partial charge in [-0.15, -0.1) is 0 Å². The standard InChI is InChI=1S/C12H8ClFN2O3S/c13-10-9(6-17)20-11(15-10)16(12(18)19)5-7-1-3-8(14)4-2-7/h1-4,6H,5H2,(H,18,19). The molecule has 1 N–H and O–H groups in total. The van der Waals surface area contributed by atoms with Crippen molar-refractivity contribution in [2.24, 2.45) is 0 Å². The fraction of sp³-hybridized carbons (Fsp3) is 0.0833. The number of hydrogen-bond acceptors (Lipinski definition) is 4. The van der Waals surface area contributed by atoms with Crippen LogP contribution >= 0.6 is 22.9 Å². The number of nitrogens with zero attached hydrogens (tertiary/aromatic N) is 2. The molecule has 1 amide bonds. The van der Waals surface area contributed by atoms with Crippen molar-refractivity contribution in [1.82, 2.24) is 4.98 Å². The zero-order valence-electron chi connectivity index (χ0n) is 9.92. The minimum atomic E-state index is -1.24. The summed E-state index contributed by atoms with van der Waals surface area (Å²) < 4.78 is 12.8. The molecule has 0 fully saturated rings. The van der Waals surface area contributed by atoms with Gasteiger partial charge < -0.3 is 5.11 Å². The van der Waals surface area contributed by atoms with Gasteiger partial charge in [0.25, 0.3) is 0 Å². The second-order valence-electron chi connectivity index (χ2n) is 3.76. The minimum Gasteiger partial charge on any atom is -0.465 e. The molecule has 5 nitrogen and oxygen atoms in total. The normalized spacial score (nSPS) is 10.3. The molecule has 0 aliphatic heterocycles. The summed E-state index contributed by atoms with van der Waals surface area (Å²) in [7, 11) is 0. The van der Waals surface area contributed by atoms with Gasteiger partial charge in [-0.2, -0.15) is 0 Å². The molecule has 0 spiro atoms. The summed E-state index contributed by atoms with van der Waals surface area (Å²) >= 11 is 6.59. The zero-order chi connectivity index (χ0) is 14.7. The zero-order valence-corrected chi connectivity index (χ0v) is 11.5. The van der Waals surface area contributed by atoms with E-state index in [-0.39, 0.29) is 21.7 Å². The van der Waals surface area contributed by atoms with E-state index in [1.165, 1.54) is 24.3 Å². The van der Waals surface area contributed by atoms with Crippen LogP contribution in [-0.2, 0) is 6.54 Å². The van der Waals surface area contributed by atoms with Crippen molar-refractivity contribution >= 4 is 40.4 Å². The number of anilines is 1. The third-order valence-electron chi connectivity index (χ3n) is 2.42. The van der Waals surface area contributed by atoms with Crippen molar-refractivity contribution in [2.75, 3.05) is 4.90 Å². The Kier molecular flexibility index (Phi) is 4.31. The van der Waals surface area contributed by atoms with E-state index in [1.54, 1.807) is 0 Å². The maximum absolute atomic E-state index is 12.8. The van der Waals surface area contributed by atoms with E-state index in [9.17, 15) is 19.1 Å². The lowest BCUT2D eigenvalue weighted by Crippen LogP contribution is -2.28. The van der Waals surface area contributed by atoms with E-state index in [0.717, 1.165) is 16.2 Å². The van der Waals surface area contributed by atoms with Gasteiger partial charge in [-0.1, -0.05) is 35.1 Å². The lowest BCUT2D eigenvalue weighted by atomic mass is 10.2. The maximum Gasteiger partial charge on any atom is 0.413 e. The molecule has 0 aliphatic carbocycles. The number of carbonyl (C=O) groups excluding carboxylic acids is 1. The summed E-state index contributed by atoms with van der Waals surface area (Å²) in [5.74, 6) is -0.406. The van der Waals surface area contributed by atoms with Gasteiger partial charge in [-0.05, 0) is 17.7 Å². The van der Waals surface area contributed by atoms with Gasteiger partial charge in [-0.3, -0.25) is 4.79 Å². The van der Waals surface area contributed by atoms with Crippen molar-refractivity contribution in [1.29, 1.82) is 0 Å². The van der Waals surface area contributed by atoms with Gasteiger partial charge in [0.1, 0.15) is 10.7 Å². The first kappa shape index (κ1) is 14.4. The summed E-state index contributed by atoms with van der Waals surface area (Å²) in [6, 6.07) is 5.42. The topological polar surface area (TPSA) is 70.5 Å². The molecule has 0 radical (unpaired) electrons. The van der Waals surface area contributed by atoms with Gasteiger partial charge in [0, 0.05) is 0 Å². The third kappa shape index (κ3) is 3.12. The number of carbonyl (C=O) groups is 2. The second-order valence-corrected chi connectivity index (χ2v) is 5.13. The summed E-state index contributed by atoms with van der Waals surface area (Å²) in [5, 5.41) is 9.26. The van der Waals surface area contributed by atoms with E-state index < -0.39 is 11.9 Å². The van der Waals surface area contributed by atoms with Crippen molar-refractivity contribution in [3.8, 4) is 0 Å². The highest BCUT2D eigenvalue weighted by Gasteiger charge is 2.21. The fourth-order valence-electron chi connectivity index (χ4n) is 1.48. The van der Waals surface area contributed by atoms with Crippen molar-refractivity contribution < 1.29 is 19.1 Å². The Bertz CT molecular complexity index is 645. The van der Waals surface area contributed by atoms with Crippen LogP contribution in [0.5, 0.6) is 0 Å². The average molecular weight is 315 g/mol. The lowest BCUT2D eigenvalue weighted by Gasteiger charge is -2.15. The number of hydrogen-bond donors (Lipinski definition) is 1. The Morgan fingerprint density at radius 3 is 2.60 bits per heavy atom. The molecule has 1 aromatic carbocycles. The Balaban J connectivity index is 2.29. The van der Waals surface area contributed by atoms with Crippen LogP contribution in [0, 0.1) is 5.82 Å². The smallest absolute Gasteiger partial charge is 0.413 e. The Morgan fingerprint density at radius 2 is 2.10 bits per heavy atom. The molecular formula is C12H8ClFN2O3S. The highest BCUT2D eigenvalue weighted by molar-refractivity contribution is 7.17. The van der Waals surface area contributed by atoms with Crippen LogP contribution in [0.25, 0.3) is 0 Å². The van der Waals surface area contributed by atoms with Gasteiger partial charge in [0.2, 0.25) is 0 Å². The molecule has 0 saturated carbocycles. The number of aldehydes is 1. The number of carboxylic acid groups (broad SMARTS) is 1. The summed E-state index contributed by atoms with van der Waals surface area (Å²) in [6.07, 6.45) is -0.723. The predicted molar refractivity (Wildman–Crippen MR) is 73.1 cm³/mol. The third-order valence-corrected chi connectivity index (χ3v) is 3.83. The number of rotatable bonds is 4. The number of aromatic nitrogens is 1. The largest absolute Gasteiger partial charge is 0.465 e. The van der Waals surface area contributed by atoms with Crippen molar-refractivity contribution in [2.45, 2.75) is 6.54 Å². The second kappa shape index (κ2) is 5.98. The van der Waals surface area contributed by atoms with Crippen molar-refractivity contribution in [3.63, 3.8) is 0 Å². The van der Waals surface area contributed by atoms with Crippen LogP contribution in [0.3, 0.4) is 0 Å². The summed E-state index contributed by atoms with van der Waals surface area (Å²) in [6.45, 7) is -0.0161. The van der Waals surface area contributed by atoms with Gasteiger partial charge in [-0.25, -0.2) is 19.1 Å². The molecule has 0 atom stereocenters. The molecule has 8 heteroatoms. The van der Waals surface area contributed by atoms with E-state index in [0.29, 0.717) is 11.8 Å². The molecule has 2 rings (SSSR count).